The Hall–Kier alpha value is -2.02. The maximum atomic E-state index is 5.17. The average Bonchev–Trinajstić information content (AvgIpc) is 2.41. The highest BCUT2D eigenvalue weighted by Crippen LogP contribution is 2.26. The minimum atomic E-state index is 0.868. The summed E-state index contributed by atoms with van der Waals surface area (Å²) in [5, 5.41) is 0. The lowest BCUT2D eigenvalue weighted by atomic mass is 9.94. The first-order valence-electron chi connectivity index (χ1n) is 6.03. The molecular weight excluding hydrogens is 220 g/mol. The number of benzene rings is 2. The molecule has 0 saturated carbocycles. The Morgan fingerprint density at radius 1 is 1.00 bits per heavy atom. The van der Waals surface area contributed by atoms with Crippen LogP contribution in [0.25, 0.3) is 5.57 Å². The molecule has 0 saturated heterocycles. The lowest BCUT2D eigenvalue weighted by molar-refractivity contribution is 0.415. The van der Waals surface area contributed by atoms with E-state index in [0.29, 0.717) is 0 Å². The van der Waals surface area contributed by atoms with Gasteiger partial charge >= 0.3 is 0 Å². The Morgan fingerprint density at radius 2 is 1.67 bits per heavy atom. The predicted molar refractivity (Wildman–Crippen MR) is 77.0 cm³/mol. The minimum absolute atomic E-state index is 0.868. The molecule has 1 nitrogen and oxygen atoms in total. The van der Waals surface area contributed by atoms with Crippen molar-refractivity contribution in [1.82, 2.24) is 0 Å². The molecule has 0 bridgehead atoms. The van der Waals surface area contributed by atoms with Gasteiger partial charge in [-0.3, -0.25) is 0 Å². The molecule has 1 heteroatoms. The van der Waals surface area contributed by atoms with Gasteiger partial charge in [-0.05, 0) is 48.2 Å². The summed E-state index contributed by atoms with van der Waals surface area (Å²) in [7, 11) is 1.68. The molecule has 0 radical (unpaired) electrons. The first kappa shape index (κ1) is 12.4. The van der Waals surface area contributed by atoms with Gasteiger partial charge in [0.05, 0.1) is 7.11 Å². The van der Waals surface area contributed by atoms with Crippen LogP contribution in [-0.2, 0) is 0 Å². The van der Waals surface area contributed by atoms with E-state index in [2.05, 4.69) is 38.6 Å². The molecule has 92 valence electrons. The van der Waals surface area contributed by atoms with Crippen LogP contribution in [0.4, 0.5) is 0 Å². The third kappa shape index (κ3) is 2.45. The summed E-state index contributed by atoms with van der Waals surface area (Å²) in [5.41, 5.74) is 5.90. The van der Waals surface area contributed by atoms with Crippen LogP contribution in [0.5, 0.6) is 5.75 Å². The lowest BCUT2D eigenvalue weighted by Gasteiger charge is -2.11. The second-order valence-electron chi connectivity index (χ2n) is 4.53. The molecule has 18 heavy (non-hydrogen) atoms. The van der Waals surface area contributed by atoms with E-state index in [0.717, 1.165) is 16.9 Å². The zero-order valence-corrected chi connectivity index (χ0v) is 11.2. The Balaban J connectivity index is 2.38. The third-order valence-corrected chi connectivity index (χ3v) is 3.16. The summed E-state index contributed by atoms with van der Waals surface area (Å²) in [6.45, 7) is 8.43. The van der Waals surface area contributed by atoms with Crippen LogP contribution < -0.4 is 4.74 Å². The fraction of sp³-hybridized carbons (Fsp3) is 0.176. The number of methoxy groups -OCH3 is 1. The highest BCUT2D eigenvalue weighted by Gasteiger charge is 2.06. The van der Waals surface area contributed by atoms with E-state index in [4.69, 9.17) is 4.74 Å². The predicted octanol–water partition coefficient (Wildman–Crippen LogP) is 4.37. The monoisotopic (exact) mass is 238 g/mol. The van der Waals surface area contributed by atoms with Crippen molar-refractivity contribution >= 4 is 5.57 Å². The summed E-state index contributed by atoms with van der Waals surface area (Å²) in [6, 6.07) is 14.5. The standard InChI is InChI=1S/C17H18O/c1-12-5-6-13(2)17(11-12)14(3)15-7-9-16(18-4)10-8-15/h5-11H,3H2,1-2,4H3. The Labute approximate surface area is 109 Å². The molecule has 2 aromatic rings. The lowest BCUT2D eigenvalue weighted by Crippen LogP contribution is -1.91. The van der Waals surface area contributed by atoms with Crippen molar-refractivity contribution < 1.29 is 4.74 Å². The summed E-state index contributed by atoms with van der Waals surface area (Å²) in [4.78, 5) is 0. The molecule has 0 fully saturated rings. The SMILES string of the molecule is C=C(c1ccc(OC)cc1)c1cc(C)ccc1C. The van der Waals surface area contributed by atoms with Gasteiger partial charge in [-0.2, -0.15) is 0 Å². The quantitative estimate of drug-likeness (QED) is 0.771. The molecule has 0 aliphatic rings. The fourth-order valence-electron chi connectivity index (χ4n) is 2.01. The van der Waals surface area contributed by atoms with Gasteiger partial charge in [-0.15, -0.1) is 0 Å². The maximum absolute atomic E-state index is 5.17. The molecule has 0 unspecified atom stereocenters. The molecule has 0 aromatic heterocycles. The third-order valence-electron chi connectivity index (χ3n) is 3.16. The molecule has 0 heterocycles. The van der Waals surface area contributed by atoms with Crippen molar-refractivity contribution in [2.75, 3.05) is 7.11 Å². The summed E-state index contributed by atoms with van der Waals surface area (Å²) in [6.07, 6.45) is 0. The number of hydrogen-bond donors (Lipinski definition) is 0. The molecular formula is C17H18O. The van der Waals surface area contributed by atoms with Crippen molar-refractivity contribution in [2.24, 2.45) is 0 Å². The van der Waals surface area contributed by atoms with Crippen molar-refractivity contribution in [3.8, 4) is 5.75 Å². The Bertz CT molecular complexity index is 565. The molecule has 2 aromatic carbocycles. The largest absolute Gasteiger partial charge is 0.497 e. The second kappa shape index (κ2) is 5.09. The smallest absolute Gasteiger partial charge is 0.118 e. The Kier molecular flexibility index (Phi) is 3.52. The van der Waals surface area contributed by atoms with Crippen LogP contribution in [0.1, 0.15) is 22.3 Å². The van der Waals surface area contributed by atoms with E-state index in [-0.39, 0.29) is 0 Å². The summed E-state index contributed by atoms with van der Waals surface area (Å²) < 4.78 is 5.17. The van der Waals surface area contributed by atoms with Crippen molar-refractivity contribution in [1.29, 1.82) is 0 Å². The Morgan fingerprint density at radius 3 is 2.28 bits per heavy atom. The van der Waals surface area contributed by atoms with E-state index in [9.17, 15) is 0 Å². The first-order chi connectivity index (χ1) is 8.61. The van der Waals surface area contributed by atoms with Crippen molar-refractivity contribution in [3.05, 3.63) is 71.3 Å². The highest BCUT2D eigenvalue weighted by atomic mass is 16.5. The van der Waals surface area contributed by atoms with Gasteiger partial charge in [0.15, 0.2) is 0 Å². The van der Waals surface area contributed by atoms with Crippen molar-refractivity contribution in [3.63, 3.8) is 0 Å². The average molecular weight is 238 g/mol. The molecule has 0 atom stereocenters. The van der Waals surface area contributed by atoms with Crippen LogP contribution in [0.2, 0.25) is 0 Å². The van der Waals surface area contributed by atoms with Gasteiger partial charge in [0.25, 0.3) is 0 Å². The van der Waals surface area contributed by atoms with Crippen LogP contribution >= 0.6 is 0 Å². The van der Waals surface area contributed by atoms with E-state index in [1.165, 1.54) is 16.7 Å². The number of hydrogen-bond acceptors (Lipinski definition) is 1. The minimum Gasteiger partial charge on any atom is -0.497 e. The maximum Gasteiger partial charge on any atom is 0.118 e. The van der Waals surface area contributed by atoms with Gasteiger partial charge in [-0.1, -0.05) is 42.5 Å². The van der Waals surface area contributed by atoms with Crippen LogP contribution in [0.15, 0.2) is 49.0 Å². The normalized spacial score (nSPS) is 10.2. The second-order valence-corrected chi connectivity index (χ2v) is 4.53. The van der Waals surface area contributed by atoms with Gasteiger partial charge in [0.1, 0.15) is 5.75 Å². The van der Waals surface area contributed by atoms with Crippen LogP contribution in [0.3, 0.4) is 0 Å². The molecule has 0 N–H and O–H groups in total. The van der Waals surface area contributed by atoms with Gasteiger partial charge in [-0.25, -0.2) is 0 Å². The van der Waals surface area contributed by atoms with Crippen molar-refractivity contribution in [2.45, 2.75) is 13.8 Å². The van der Waals surface area contributed by atoms with E-state index in [1.807, 2.05) is 24.3 Å². The van der Waals surface area contributed by atoms with Gasteiger partial charge in [0.2, 0.25) is 0 Å². The number of rotatable bonds is 3. The van der Waals surface area contributed by atoms with Gasteiger partial charge < -0.3 is 4.74 Å². The zero-order valence-electron chi connectivity index (χ0n) is 11.2. The van der Waals surface area contributed by atoms with Crippen LogP contribution in [-0.4, -0.2) is 7.11 Å². The van der Waals surface area contributed by atoms with E-state index >= 15 is 0 Å². The molecule has 0 amide bonds. The van der Waals surface area contributed by atoms with E-state index in [1.54, 1.807) is 7.11 Å². The van der Waals surface area contributed by atoms with Crippen LogP contribution in [0, 0.1) is 13.8 Å². The summed E-state index contributed by atoms with van der Waals surface area (Å²) >= 11 is 0. The zero-order chi connectivity index (χ0) is 13.1. The number of ether oxygens (including phenoxy) is 1. The topological polar surface area (TPSA) is 9.23 Å². The molecule has 0 spiro atoms. The fourth-order valence-corrected chi connectivity index (χ4v) is 2.01. The first-order valence-corrected chi connectivity index (χ1v) is 6.03. The molecule has 2 rings (SSSR count). The molecule has 0 aliphatic carbocycles. The van der Waals surface area contributed by atoms with Gasteiger partial charge in [0, 0.05) is 0 Å². The highest BCUT2D eigenvalue weighted by molar-refractivity contribution is 5.80. The summed E-state index contributed by atoms with van der Waals surface area (Å²) in [5.74, 6) is 0.868. The molecule has 0 aliphatic heterocycles. The number of aryl methyl sites for hydroxylation is 2. The van der Waals surface area contributed by atoms with E-state index < -0.39 is 0 Å².